The minimum atomic E-state index is -0.295. The van der Waals surface area contributed by atoms with E-state index in [-0.39, 0.29) is 46.4 Å². The maximum Gasteiger partial charge on any atom is 0.305 e. The molecule has 0 saturated heterocycles. The van der Waals surface area contributed by atoms with Crippen LogP contribution in [0.25, 0.3) is 0 Å². The SMILES string of the molecule is COC(=O)CC[C@@H](C)[C@H]1CC[C@H]2[C@@H]3/C(=N\O)C[C@@H]4C/C(=N/O)CC[C@]4(C)[C@H]3C/C(=N\O)[C@]12C. The van der Waals surface area contributed by atoms with Crippen molar-refractivity contribution in [1.29, 1.82) is 0 Å². The van der Waals surface area contributed by atoms with Crippen molar-refractivity contribution in [3.8, 4) is 0 Å². The minimum absolute atomic E-state index is 0.0128. The van der Waals surface area contributed by atoms with E-state index in [1.54, 1.807) is 0 Å². The molecule has 0 aliphatic heterocycles. The Hall–Kier alpha value is -2.12. The fourth-order valence-corrected chi connectivity index (χ4v) is 8.45. The molecule has 4 aliphatic carbocycles. The molecule has 8 atom stereocenters. The number of rotatable bonds is 4. The zero-order valence-electron chi connectivity index (χ0n) is 20.3. The van der Waals surface area contributed by atoms with E-state index in [9.17, 15) is 20.4 Å². The lowest BCUT2D eigenvalue weighted by molar-refractivity contribution is -0.141. The Morgan fingerprint density at radius 3 is 2.48 bits per heavy atom. The number of fused-ring (bicyclic) bond motifs is 5. The van der Waals surface area contributed by atoms with Crippen LogP contribution in [0.5, 0.6) is 0 Å². The van der Waals surface area contributed by atoms with Crippen LogP contribution in [-0.2, 0) is 9.53 Å². The van der Waals surface area contributed by atoms with Crippen LogP contribution in [0.15, 0.2) is 15.5 Å². The molecule has 4 fully saturated rings. The van der Waals surface area contributed by atoms with Gasteiger partial charge >= 0.3 is 5.97 Å². The Kier molecular flexibility index (Phi) is 6.49. The quantitative estimate of drug-likeness (QED) is 0.311. The van der Waals surface area contributed by atoms with E-state index in [4.69, 9.17) is 4.74 Å². The summed E-state index contributed by atoms with van der Waals surface area (Å²) < 4.78 is 4.84. The number of nitrogens with zero attached hydrogens (tertiary/aromatic N) is 3. The second-order valence-corrected chi connectivity index (χ2v) is 11.4. The minimum Gasteiger partial charge on any atom is -0.469 e. The van der Waals surface area contributed by atoms with Crippen LogP contribution >= 0.6 is 0 Å². The summed E-state index contributed by atoms with van der Waals surface area (Å²) in [6, 6.07) is 0. The molecule has 0 radical (unpaired) electrons. The van der Waals surface area contributed by atoms with Crippen molar-refractivity contribution in [3.05, 3.63) is 0 Å². The summed E-state index contributed by atoms with van der Waals surface area (Å²) in [7, 11) is 1.42. The highest BCUT2D eigenvalue weighted by atomic mass is 16.5. The highest BCUT2D eigenvalue weighted by molar-refractivity contribution is 5.97. The molecule has 4 rings (SSSR count). The van der Waals surface area contributed by atoms with Crippen LogP contribution in [0.3, 0.4) is 0 Å². The van der Waals surface area contributed by atoms with Crippen LogP contribution in [0.1, 0.15) is 78.6 Å². The average Bonchev–Trinajstić information content (AvgIpc) is 3.18. The monoisotopic (exact) mass is 461 g/mol. The summed E-state index contributed by atoms with van der Waals surface area (Å²) in [5.74, 6) is 1.27. The van der Waals surface area contributed by atoms with Gasteiger partial charge in [0.2, 0.25) is 0 Å². The lowest BCUT2D eigenvalue weighted by atomic mass is 9.43. The Labute approximate surface area is 196 Å². The van der Waals surface area contributed by atoms with Gasteiger partial charge in [-0.25, -0.2) is 0 Å². The molecule has 0 heterocycles. The molecule has 4 aliphatic rings. The average molecular weight is 462 g/mol. The Morgan fingerprint density at radius 2 is 1.85 bits per heavy atom. The number of esters is 1. The lowest BCUT2D eigenvalue weighted by Crippen LogP contribution is -2.60. The molecule has 3 N–H and O–H groups in total. The summed E-state index contributed by atoms with van der Waals surface area (Å²) >= 11 is 0. The predicted molar refractivity (Wildman–Crippen MR) is 124 cm³/mol. The molecule has 8 heteroatoms. The maximum atomic E-state index is 11.7. The van der Waals surface area contributed by atoms with Crippen molar-refractivity contribution in [2.75, 3.05) is 7.11 Å². The maximum absolute atomic E-state index is 11.7. The van der Waals surface area contributed by atoms with E-state index in [1.807, 2.05) is 0 Å². The Bertz CT molecular complexity index is 870. The van der Waals surface area contributed by atoms with Crippen molar-refractivity contribution in [1.82, 2.24) is 0 Å². The largest absolute Gasteiger partial charge is 0.469 e. The number of hydrogen-bond donors (Lipinski definition) is 3. The van der Waals surface area contributed by atoms with E-state index >= 15 is 0 Å². The number of oxime groups is 3. The van der Waals surface area contributed by atoms with E-state index < -0.39 is 0 Å². The lowest BCUT2D eigenvalue weighted by Gasteiger charge is -2.60. The summed E-state index contributed by atoms with van der Waals surface area (Å²) in [5, 5.41) is 40.9. The smallest absolute Gasteiger partial charge is 0.305 e. The molecule has 8 nitrogen and oxygen atoms in total. The molecule has 0 bridgehead atoms. The van der Waals surface area contributed by atoms with Gasteiger partial charge in [-0.05, 0) is 86.4 Å². The number of methoxy groups -OCH3 is 1. The molecular formula is C25H39N3O5. The molecule has 0 spiro atoms. The zero-order chi connectivity index (χ0) is 24.0. The number of ether oxygens (including phenoxy) is 1. The van der Waals surface area contributed by atoms with Crippen molar-refractivity contribution in [3.63, 3.8) is 0 Å². The van der Waals surface area contributed by atoms with Crippen LogP contribution in [0, 0.1) is 46.3 Å². The molecule has 0 unspecified atom stereocenters. The van der Waals surface area contributed by atoms with Crippen LogP contribution in [0.4, 0.5) is 0 Å². The van der Waals surface area contributed by atoms with E-state index in [0.717, 1.165) is 55.7 Å². The van der Waals surface area contributed by atoms with Gasteiger partial charge in [0.15, 0.2) is 0 Å². The second kappa shape index (κ2) is 8.91. The molecule has 0 aromatic carbocycles. The van der Waals surface area contributed by atoms with Crippen LogP contribution in [-0.4, -0.2) is 45.8 Å². The summed E-state index contributed by atoms with van der Waals surface area (Å²) in [6.07, 6.45) is 6.97. The summed E-state index contributed by atoms with van der Waals surface area (Å²) in [6.45, 7) is 6.76. The molecule has 33 heavy (non-hydrogen) atoms. The fraction of sp³-hybridized carbons (Fsp3) is 0.840. The summed E-state index contributed by atoms with van der Waals surface area (Å²) in [5.41, 5.74) is 2.26. The van der Waals surface area contributed by atoms with Gasteiger partial charge in [0, 0.05) is 17.8 Å². The third-order valence-electron chi connectivity index (χ3n) is 10.4. The van der Waals surface area contributed by atoms with Crippen molar-refractivity contribution >= 4 is 23.1 Å². The molecule has 4 saturated carbocycles. The van der Waals surface area contributed by atoms with Crippen molar-refractivity contribution < 1.29 is 25.2 Å². The predicted octanol–water partition coefficient (Wildman–Crippen LogP) is 4.95. The highest BCUT2D eigenvalue weighted by Gasteiger charge is 2.65. The van der Waals surface area contributed by atoms with Gasteiger partial charge in [0.1, 0.15) is 0 Å². The van der Waals surface area contributed by atoms with Gasteiger partial charge in [0.25, 0.3) is 0 Å². The first-order chi connectivity index (χ1) is 15.7. The van der Waals surface area contributed by atoms with Gasteiger partial charge in [-0.3, -0.25) is 4.79 Å². The van der Waals surface area contributed by atoms with E-state index in [1.165, 1.54) is 7.11 Å². The molecule has 0 amide bonds. The van der Waals surface area contributed by atoms with Crippen molar-refractivity contribution in [2.24, 2.45) is 61.8 Å². The number of carbonyl (C=O) groups is 1. The fourth-order valence-electron chi connectivity index (χ4n) is 8.45. The molecule has 184 valence electrons. The first-order valence-corrected chi connectivity index (χ1v) is 12.4. The van der Waals surface area contributed by atoms with Crippen molar-refractivity contribution in [2.45, 2.75) is 78.6 Å². The Balaban J connectivity index is 1.67. The normalized spacial score (nSPS) is 44.8. The van der Waals surface area contributed by atoms with E-state index in [0.29, 0.717) is 25.2 Å². The molecular weight excluding hydrogens is 422 g/mol. The molecule has 0 aromatic rings. The van der Waals surface area contributed by atoms with Gasteiger partial charge < -0.3 is 20.4 Å². The van der Waals surface area contributed by atoms with Gasteiger partial charge in [-0.1, -0.05) is 36.2 Å². The third kappa shape index (κ3) is 3.64. The van der Waals surface area contributed by atoms with Crippen LogP contribution in [0.2, 0.25) is 0 Å². The number of hydrogen-bond acceptors (Lipinski definition) is 8. The van der Waals surface area contributed by atoms with Gasteiger partial charge in [-0.15, -0.1) is 0 Å². The zero-order valence-corrected chi connectivity index (χ0v) is 20.3. The summed E-state index contributed by atoms with van der Waals surface area (Å²) in [4.78, 5) is 11.7. The van der Waals surface area contributed by atoms with E-state index in [2.05, 4.69) is 36.2 Å². The first kappa shape index (κ1) is 24.0. The second-order valence-electron chi connectivity index (χ2n) is 11.4. The van der Waals surface area contributed by atoms with Gasteiger partial charge in [0.05, 0.1) is 24.2 Å². The topological polar surface area (TPSA) is 124 Å². The highest BCUT2D eigenvalue weighted by Crippen LogP contribution is 2.66. The first-order valence-electron chi connectivity index (χ1n) is 12.4. The standard InChI is InChI=1S/C25H39N3O5/c1-14(5-8-22(29)33-4)17-6-7-18-23-19(13-21(28-32)25(17,18)3)24(2)10-9-16(26-30)11-15(24)12-20(23)27-31/h14-15,17-19,23,30-32H,5-13H2,1-4H3/b26-16+,27-20-,28-21+/t14-,15+,17-,18+,19+,23+,24+,25-/m1/s1. The van der Waals surface area contributed by atoms with Crippen LogP contribution < -0.4 is 0 Å². The third-order valence-corrected chi connectivity index (χ3v) is 10.4. The van der Waals surface area contributed by atoms with Gasteiger partial charge in [-0.2, -0.15) is 0 Å². The Morgan fingerprint density at radius 1 is 1.09 bits per heavy atom. The molecule has 0 aromatic heterocycles. The number of carbonyl (C=O) groups excluding carboxylic acids is 1.